The third-order valence-electron chi connectivity index (χ3n) is 12.1. The van der Waals surface area contributed by atoms with Crippen LogP contribution in [0.4, 0.5) is 0 Å². The predicted octanol–water partition coefficient (Wildman–Crippen LogP) is 9.26. The minimum absolute atomic E-state index is 0.209. The first kappa shape index (κ1) is 25.5. The molecule has 1 unspecified atom stereocenters. The van der Waals surface area contributed by atoms with E-state index < -0.39 is 0 Å². The highest BCUT2D eigenvalue weighted by atomic mass is 16.1. The first-order valence-corrected chi connectivity index (χ1v) is 14.5. The molecule has 0 amide bonds. The number of fused-ring (bicyclic) bond motifs is 5. The van der Waals surface area contributed by atoms with Crippen molar-refractivity contribution in [3.8, 4) is 0 Å². The Morgan fingerprint density at radius 1 is 1.03 bits per heavy atom. The van der Waals surface area contributed by atoms with E-state index in [2.05, 4.69) is 68.4 Å². The first-order chi connectivity index (χ1) is 15.3. The van der Waals surface area contributed by atoms with Crippen LogP contribution in [-0.4, -0.2) is 5.78 Å². The van der Waals surface area contributed by atoms with Gasteiger partial charge in [0.2, 0.25) is 0 Å². The molecule has 0 aromatic heterocycles. The lowest BCUT2D eigenvalue weighted by molar-refractivity contribution is -0.131. The summed E-state index contributed by atoms with van der Waals surface area (Å²) in [5.41, 5.74) is 2.78. The van der Waals surface area contributed by atoms with Gasteiger partial charge in [-0.3, -0.25) is 4.79 Å². The minimum atomic E-state index is 0.209. The molecule has 33 heavy (non-hydrogen) atoms. The highest BCUT2D eigenvalue weighted by molar-refractivity contribution is 5.94. The quantitative estimate of drug-likeness (QED) is 0.404. The number of ketones is 1. The molecule has 188 valence electrons. The topological polar surface area (TPSA) is 17.1 Å². The molecule has 0 spiro atoms. The highest BCUT2D eigenvalue weighted by Crippen LogP contribution is 2.72. The van der Waals surface area contributed by atoms with Gasteiger partial charge in [0.1, 0.15) is 0 Å². The molecular weight excluding hydrogens is 400 g/mol. The van der Waals surface area contributed by atoms with Crippen LogP contribution in [0.2, 0.25) is 0 Å². The molecule has 9 atom stereocenters. The minimum Gasteiger partial charge on any atom is -0.295 e. The molecule has 4 aliphatic carbocycles. The Balaban J connectivity index is 1.64. The maximum absolute atomic E-state index is 13.6. The molecule has 0 aromatic carbocycles. The Labute approximate surface area is 206 Å². The summed E-state index contributed by atoms with van der Waals surface area (Å²) >= 11 is 0. The van der Waals surface area contributed by atoms with E-state index in [1.165, 1.54) is 57.8 Å². The normalized spacial score (nSPS) is 45.0. The molecule has 0 aromatic rings. The lowest BCUT2D eigenvalue weighted by atomic mass is 9.43. The van der Waals surface area contributed by atoms with Crippen molar-refractivity contribution in [2.24, 2.45) is 57.2 Å². The summed E-state index contributed by atoms with van der Waals surface area (Å²) < 4.78 is 0. The van der Waals surface area contributed by atoms with E-state index in [0.717, 1.165) is 24.2 Å². The number of rotatable bonds is 5. The molecule has 4 rings (SSSR count). The van der Waals surface area contributed by atoms with Crippen LogP contribution in [-0.2, 0) is 4.79 Å². The molecule has 3 saturated carbocycles. The molecule has 0 N–H and O–H groups in total. The SMILES string of the molecule is CC[C@H]([C@H](C)CCC(C)(C)C)[C@H]1CC[C@@]2(C)C3=CC(=O)[C@H]4C[C@H](C)CC[C@]4(C)C3CC[C@]12C. The standard InChI is InChI=1S/C32H54O/c1-10-23(22(3)12-15-29(4,5)6)24-13-17-32(9)26-20-28(33)27-19-21(2)11-16-30(27,7)25(26)14-18-31(24,32)8/h20-25,27H,10-19H2,1-9H3/t21-,22-,23-,24-,25?,27-,30-,31-,32+/m1/s1. The largest absolute Gasteiger partial charge is 0.295 e. The van der Waals surface area contributed by atoms with Gasteiger partial charge < -0.3 is 0 Å². The maximum atomic E-state index is 13.6. The summed E-state index contributed by atoms with van der Waals surface area (Å²) in [6.45, 7) is 22.2. The number of carbonyl (C=O) groups is 1. The third-order valence-corrected chi connectivity index (χ3v) is 12.1. The van der Waals surface area contributed by atoms with Crippen molar-refractivity contribution in [3.63, 3.8) is 0 Å². The van der Waals surface area contributed by atoms with E-state index in [0.29, 0.717) is 28.4 Å². The van der Waals surface area contributed by atoms with Gasteiger partial charge in [-0.1, -0.05) is 80.7 Å². The van der Waals surface area contributed by atoms with Gasteiger partial charge in [-0.25, -0.2) is 0 Å². The van der Waals surface area contributed by atoms with E-state index in [9.17, 15) is 4.79 Å². The third kappa shape index (κ3) is 4.00. The summed E-state index contributed by atoms with van der Waals surface area (Å²) in [5, 5.41) is 0. The Kier molecular flexibility index (Phi) is 6.58. The number of hydrogen-bond donors (Lipinski definition) is 0. The van der Waals surface area contributed by atoms with Gasteiger partial charge >= 0.3 is 0 Å². The van der Waals surface area contributed by atoms with Crippen LogP contribution in [0.1, 0.15) is 127 Å². The van der Waals surface area contributed by atoms with Crippen LogP contribution in [0.25, 0.3) is 0 Å². The second kappa shape index (κ2) is 8.51. The van der Waals surface area contributed by atoms with Gasteiger partial charge in [-0.05, 0) is 109 Å². The van der Waals surface area contributed by atoms with Gasteiger partial charge in [0, 0.05) is 5.92 Å². The van der Waals surface area contributed by atoms with Gasteiger partial charge in [-0.2, -0.15) is 0 Å². The highest BCUT2D eigenvalue weighted by Gasteiger charge is 2.64. The molecular formula is C32H54O. The smallest absolute Gasteiger partial charge is 0.159 e. The fraction of sp³-hybridized carbons (Fsp3) is 0.906. The van der Waals surface area contributed by atoms with Crippen LogP contribution >= 0.6 is 0 Å². The van der Waals surface area contributed by atoms with Crippen LogP contribution in [0.5, 0.6) is 0 Å². The number of hydrogen-bond acceptors (Lipinski definition) is 1. The lowest BCUT2D eigenvalue weighted by Crippen LogP contribution is -2.55. The number of carbonyl (C=O) groups excluding carboxylic acids is 1. The van der Waals surface area contributed by atoms with E-state index in [-0.39, 0.29) is 16.7 Å². The number of allylic oxidation sites excluding steroid dienone is 2. The predicted molar refractivity (Wildman–Crippen MR) is 141 cm³/mol. The monoisotopic (exact) mass is 454 g/mol. The van der Waals surface area contributed by atoms with Gasteiger partial charge in [-0.15, -0.1) is 0 Å². The molecule has 0 saturated heterocycles. The van der Waals surface area contributed by atoms with Gasteiger partial charge in [0.15, 0.2) is 5.78 Å². The van der Waals surface area contributed by atoms with Gasteiger partial charge in [0.05, 0.1) is 0 Å². The summed E-state index contributed by atoms with van der Waals surface area (Å²) in [4.78, 5) is 13.6. The van der Waals surface area contributed by atoms with E-state index in [1.807, 2.05) is 0 Å². The molecule has 0 heterocycles. The van der Waals surface area contributed by atoms with Crippen molar-refractivity contribution in [2.75, 3.05) is 0 Å². The Bertz CT molecular complexity index is 785. The summed E-state index contributed by atoms with van der Waals surface area (Å²) in [5.74, 6) is 4.52. The molecule has 0 radical (unpaired) electrons. The van der Waals surface area contributed by atoms with Crippen molar-refractivity contribution < 1.29 is 4.79 Å². The van der Waals surface area contributed by atoms with E-state index in [1.54, 1.807) is 5.57 Å². The fourth-order valence-electron chi connectivity index (χ4n) is 9.60. The summed E-state index contributed by atoms with van der Waals surface area (Å²) in [7, 11) is 0. The molecule has 1 heteroatoms. The molecule has 1 nitrogen and oxygen atoms in total. The summed E-state index contributed by atoms with van der Waals surface area (Å²) in [6, 6.07) is 0. The van der Waals surface area contributed by atoms with Crippen molar-refractivity contribution >= 4 is 5.78 Å². The first-order valence-electron chi connectivity index (χ1n) is 14.5. The molecule has 0 bridgehead atoms. The van der Waals surface area contributed by atoms with Crippen LogP contribution in [0, 0.1) is 57.2 Å². The Hall–Kier alpha value is -0.590. The average Bonchev–Trinajstić information content (AvgIpc) is 3.00. The van der Waals surface area contributed by atoms with Crippen molar-refractivity contribution in [1.82, 2.24) is 0 Å². The second-order valence-electron chi connectivity index (χ2n) is 15.1. The molecule has 4 aliphatic rings. The fourth-order valence-corrected chi connectivity index (χ4v) is 9.60. The van der Waals surface area contributed by atoms with Gasteiger partial charge in [0.25, 0.3) is 0 Å². The van der Waals surface area contributed by atoms with Crippen LogP contribution in [0.3, 0.4) is 0 Å². The van der Waals surface area contributed by atoms with Crippen molar-refractivity contribution in [3.05, 3.63) is 11.6 Å². The zero-order valence-corrected chi connectivity index (χ0v) is 23.5. The Morgan fingerprint density at radius 2 is 1.73 bits per heavy atom. The molecule has 3 fully saturated rings. The van der Waals surface area contributed by atoms with Crippen molar-refractivity contribution in [2.45, 2.75) is 127 Å². The Morgan fingerprint density at radius 3 is 2.36 bits per heavy atom. The zero-order chi connectivity index (χ0) is 24.4. The van der Waals surface area contributed by atoms with E-state index >= 15 is 0 Å². The average molecular weight is 455 g/mol. The lowest BCUT2D eigenvalue weighted by Gasteiger charge is -2.61. The van der Waals surface area contributed by atoms with E-state index in [4.69, 9.17) is 0 Å². The maximum Gasteiger partial charge on any atom is 0.159 e. The van der Waals surface area contributed by atoms with Crippen LogP contribution in [0.15, 0.2) is 11.6 Å². The van der Waals surface area contributed by atoms with Crippen LogP contribution < -0.4 is 0 Å². The summed E-state index contributed by atoms with van der Waals surface area (Å²) in [6.07, 6.45) is 15.2. The second-order valence-corrected chi connectivity index (χ2v) is 15.1. The van der Waals surface area contributed by atoms with Crippen molar-refractivity contribution in [1.29, 1.82) is 0 Å². The zero-order valence-electron chi connectivity index (χ0n) is 23.5. The molecule has 0 aliphatic heterocycles.